The Kier molecular flexibility index (Phi) is 7.58. The average Bonchev–Trinajstić information content (AvgIpc) is 2.66. The van der Waals surface area contributed by atoms with Crippen LogP contribution in [0.5, 0.6) is 11.5 Å². The molecule has 0 bridgehead atoms. The predicted octanol–water partition coefficient (Wildman–Crippen LogP) is 2.40. The Hall–Kier alpha value is -2.91. The lowest BCUT2D eigenvalue weighted by molar-refractivity contribution is -0.121. The van der Waals surface area contributed by atoms with Crippen LogP contribution in [0, 0.1) is 20.8 Å². The van der Waals surface area contributed by atoms with Crippen molar-refractivity contribution in [1.29, 1.82) is 0 Å². The van der Waals surface area contributed by atoms with Crippen LogP contribution in [0.2, 0.25) is 0 Å². The molecular formula is C21H27N3O5S. The van der Waals surface area contributed by atoms with E-state index < -0.39 is 15.9 Å². The average molecular weight is 434 g/mol. The van der Waals surface area contributed by atoms with Gasteiger partial charge in [0.25, 0.3) is 5.91 Å². The molecule has 0 radical (unpaired) electrons. The van der Waals surface area contributed by atoms with Crippen LogP contribution in [0.1, 0.15) is 22.3 Å². The summed E-state index contributed by atoms with van der Waals surface area (Å²) >= 11 is 0. The van der Waals surface area contributed by atoms with Gasteiger partial charge in [-0.3, -0.25) is 4.79 Å². The Balaban J connectivity index is 2.11. The standard InChI is InChI=1S/C21H27N3O5S/c1-14-10-15(2)21(16(3)11-14)30(26,27)24(4)13-19(25)23-22-12-17-8-7-9-18(28-5)20(17)29-6/h7-12H,13H2,1-6H3,(H,23,25)/b22-12-. The molecule has 2 rings (SSSR count). The Morgan fingerprint density at radius 3 is 2.33 bits per heavy atom. The summed E-state index contributed by atoms with van der Waals surface area (Å²) in [5.74, 6) is 0.437. The number of nitrogens with one attached hydrogen (secondary N) is 1. The van der Waals surface area contributed by atoms with Crippen molar-refractivity contribution in [3.8, 4) is 11.5 Å². The third-order valence-corrected chi connectivity index (χ3v) is 6.58. The lowest BCUT2D eigenvalue weighted by Crippen LogP contribution is -2.37. The molecule has 0 spiro atoms. The third-order valence-electron chi connectivity index (χ3n) is 4.47. The number of nitrogens with zero attached hydrogens (tertiary/aromatic N) is 2. The number of benzene rings is 2. The highest BCUT2D eigenvalue weighted by molar-refractivity contribution is 7.89. The number of likely N-dealkylation sites (N-methyl/N-ethyl adjacent to an activating group) is 1. The van der Waals surface area contributed by atoms with E-state index in [1.807, 2.05) is 6.92 Å². The molecule has 9 heteroatoms. The maximum Gasteiger partial charge on any atom is 0.255 e. The first kappa shape index (κ1) is 23.4. The van der Waals surface area contributed by atoms with Gasteiger partial charge in [0.05, 0.1) is 31.9 Å². The fourth-order valence-electron chi connectivity index (χ4n) is 3.24. The number of ether oxygens (including phenoxy) is 2. The minimum absolute atomic E-state index is 0.216. The summed E-state index contributed by atoms with van der Waals surface area (Å²) < 4.78 is 37.4. The fraction of sp³-hybridized carbons (Fsp3) is 0.333. The van der Waals surface area contributed by atoms with Crippen molar-refractivity contribution in [1.82, 2.24) is 9.73 Å². The molecule has 0 aliphatic rings. The van der Waals surface area contributed by atoms with E-state index in [0.717, 1.165) is 9.87 Å². The largest absolute Gasteiger partial charge is 0.493 e. The van der Waals surface area contributed by atoms with E-state index in [-0.39, 0.29) is 11.4 Å². The van der Waals surface area contributed by atoms with Crippen LogP contribution in [0.25, 0.3) is 0 Å². The highest BCUT2D eigenvalue weighted by Gasteiger charge is 2.26. The number of methoxy groups -OCH3 is 2. The molecule has 0 heterocycles. The molecule has 0 saturated heterocycles. The van der Waals surface area contributed by atoms with E-state index in [4.69, 9.17) is 9.47 Å². The SMILES string of the molecule is COc1cccc(/C=N\NC(=O)CN(C)S(=O)(=O)c2c(C)cc(C)cc2C)c1OC. The molecular weight excluding hydrogens is 406 g/mol. The summed E-state index contributed by atoms with van der Waals surface area (Å²) in [7, 11) is 0.563. The molecule has 0 aliphatic heterocycles. The lowest BCUT2D eigenvalue weighted by atomic mass is 10.1. The van der Waals surface area contributed by atoms with Crippen molar-refractivity contribution in [2.24, 2.45) is 5.10 Å². The maximum atomic E-state index is 12.9. The number of amides is 1. The van der Waals surface area contributed by atoms with Gasteiger partial charge in [0.15, 0.2) is 11.5 Å². The molecule has 30 heavy (non-hydrogen) atoms. The normalized spacial score (nSPS) is 11.7. The molecule has 1 N–H and O–H groups in total. The number of hydrogen-bond donors (Lipinski definition) is 1. The minimum atomic E-state index is -3.82. The van der Waals surface area contributed by atoms with Gasteiger partial charge in [0.1, 0.15) is 0 Å². The topological polar surface area (TPSA) is 97.3 Å². The van der Waals surface area contributed by atoms with Crippen molar-refractivity contribution < 1.29 is 22.7 Å². The second kappa shape index (κ2) is 9.73. The quantitative estimate of drug-likeness (QED) is 0.509. The summed E-state index contributed by atoms with van der Waals surface area (Å²) in [5, 5.41) is 3.90. The number of para-hydroxylation sites is 1. The Bertz CT molecular complexity index is 1040. The van der Waals surface area contributed by atoms with Crippen molar-refractivity contribution in [3.63, 3.8) is 0 Å². The number of carbonyl (C=O) groups is 1. The molecule has 0 fully saturated rings. The van der Waals surface area contributed by atoms with E-state index in [1.54, 1.807) is 44.2 Å². The van der Waals surface area contributed by atoms with E-state index in [9.17, 15) is 13.2 Å². The Morgan fingerprint density at radius 1 is 1.13 bits per heavy atom. The fourth-order valence-corrected chi connectivity index (χ4v) is 4.77. The zero-order valence-electron chi connectivity index (χ0n) is 18.0. The van der Waals surface area contributed by atoms with E-state index in [1.165, 1.54) is 27.5 Å². The molecule has 162 valence electrons. The van der Waals surface area contributed by atoms with Gasteiger partial charge in [-0.1, -0.05) is 23.8 Å². The molecule has 1 amide bonds. The van der Waals surface area contributed by atoms with Crippen molar-refractivity contribution in [3.05, 3.63) is 52.6 Å². The number of rotatable bonds is 8. The molecule has 0 saturated carbocycles. The van der Waals surface area contributed by atoms with Crippen molar-refractivity contribution in [2.75, 3.05) is 27.8 Å². The number of hydrazone groups is 1. The highest BCUT2D eigenvalue weighted by atomic mass is 32.2. The van der Waals surface area contributed by atoms with Gasteiger partial charge >= 0.3 is 0 Å². The monoisotopic (exact) mass is 433 g/mol. The summed E-state index contributed by atoms with van der Waals surface area (Å²) in [6.45, 7) is 5.02. The molecule has 0 unspecified atom stereocenters. The number of carbonyl (C=O) groups excluding carboxylic acids is 1. The first-order chi connectivity index (χ1) is 14.1. The van der Waals surface area contributed by atoms with E-state index >= 15 is 0 Å². The number of aryl methyl sites for hydroxylation is 3. The van der Waals surface area contributed by atoms with Crippen LogP contribution in [0.15, 0.2) is 40.3 Å². The van der Waals surface area contributed by atoms with Gasteiger partial charge < -0.3 is 9.47 Å². The minimum Gasteiger partial charge on any atom is -0.493 e. The zero-order valence-corrected chi connectivity index (χ0v) is 18.8. The summed E-state index contributed by atoms with van der Waals surface area (Å²) in [4.78, 5) is 12.5. The first-order valence-corrected chi connectivity index (χ1v) is 10.6. The van der Waals surface area contributed by atoms with E-state index in [0.29, 0.717) is 28.2 Å². The predicted molar refractivity (Wildman–Crippen MR) is 116 cm³/mol. The van der Waals surface area contributed by atoms with E-state index in [2.05, 4.69) is 10.5 Å². The maximum absolute atomic E-state index is 12.9. The molecule has 0 aliphatic carbocycles. The van der Waals surface area contributed by atoms with Gasteiger partial charge in [-0.15, -0.1) is 0 Å². The van der Waals surface area contributed by atoms with Crippen molar-refractivity contribution in [2.45, 2.75) is 25.7 Å². The lowest BCUT2D eigenvalue weighted by Gasteiger charge is -2.19. The molecule has 0 aromatic heterocycles. The van der Waals surface area contributed by atoms with Crippen LogP contribution >= 0.6 is 0 Å². The number of hydrogen-bond acceptors (Lipinski definition) is 6. The van der Waals surface area contributed by atoms with Crippen LogP contribution in [-0.4, -0.2) is 52.7 Å². The molecule has 2 aromatic rings. The molecule has 2 aromatic carbocycles. The Morgan fingerprint density at radius 2 is 1.77 bits per heavy atom. The van der Waals surface area contributed by atoms with Gasteiger partial charge in [-0.25, -0.2) is 13.8 Å². The summed E-state index contributed by atoms with van der Waals surface area (Å²) in [5.41, 5.74) is 5.20. The van der Waals surface area contributed by atoms with Crippen LogP contribution in [0.4, 0.5) is 0 Å². The molecule has 8 nitrogen and oxygen atoms in total. The van der Waals surface area contributed by atoms with Crippen LogP contribution in [0.3, 0.4) is 0 Å². The summed E-state index contributed by atoms with van der Waals surface area (Å²) in [6, 6.07) is 8.86. The molecule has 0 atom stereocenters. The highest BCUT2D eigenvalue weighted by Crippen LogP contribution is 2.29. The summed E-state index contributed by atoms with van der Waals surface area (Å²) in [6.07, 6.45) is 1.40. The number of sulfonamides is 1. The second-order valence-corrected chi connectivity index (χ2v) is 8.85. The van der Waals surface area contributed by atoms with Crippen molar-refractivity contribution >= 4 is 22.1 Å². The van der Waals surface area contributed by atoms with Gasteiger partial charge in [-0.05, 0) is 44.0 Å². The first-order valence-electron chi connectivity index (χ1n) is 9.19. The Labute approximate surface area is 177 Å². The van der Waals surface area contributed by atoms with Crippen LogP contribution < -0.4 is 14.9 Å². The zero-order chi connectivity index (χ0) is 22.5. The van der Waals surface area contributed by atoms with Gasteiger partial charge in [-0.2, -0.15) is 9.41 Å². The van der Waals surface area contributed by atoms with Gasteiger partial charge in [0, 0.05) is 12.6 Å². The third kappa shape index (κ3) is 5.17. The van der Waals surface area contributed by atoms with Gasteiger partial charge in [0.2, 0.25) is 10.0 Å². The smallest absolute Gasteiger partial charge is 0.255 e. The van der Waals surface area contributed by atoms with Crippen LogP contribution in [-0.2, 0) is 14.8 Å². The second-order valence-electron chi connectivity index (χ2n) is 6.86.